The van der Waals surface area contributed by atoms with E-state index >= 15 is 0 Å². The Labute approximate surface area is 77.6 Å². The maximum Gasteiger partial charge on any atom is 0.233 e. The molecule has 2 bridgehead atoms. The van der Waals surface area contributed by atoms with Gasteiger partial charge in [0.1, 0.15) is 5.60 Å². The summed E-state index contributed by atoms with van der Waals surface area (Å²) in [7, 11) is 0. The molecule has 2 fully saturated rings. The van der Waals surface area contributed by atoms with Gasteiger partial charge in [0, 0.05) is 5.92 Å². The van der Waals surface area contributed by atoms with E-state index in [9.17, 15) is 0 Å². The third-order valence-corrected chi connectivity index (χ3v) is 3.27. The highest BCUT2D eigenvalue weighted by Crippen LogP contribution is 2.46. The minimum absolute atomic E-state index is 0.180. The predicted octanol–water partition coefficient (Wildman–Crippen LogP) is 2.10. The summed E-state index contributed by atoms with van der Waals surface area (Å²) >= 11 is 0. The van der Waals surface area contributed by atoms with Crippen LogP contribution in [0.4, 0.5) is 0 Å². The Morgan fingerprint density at radius 2 is 2.15 bits per heavy atom. The molecular weight excluding hydrogens is 172 g/mol. The van der Waals surface area contributed by atoms with E-state index in [0.717, 1.165) is 25.7 Å². The molecule has 1 N–H and O–H groups in total. The third-order valence-electron chi connectivity index (χ3n) is 3.27. The van der Waals surface area contributed by atoms with Crippen LogP contribution in [0.5, 0.6) is 0 Å². The zero-order valence-corrected chi connectivity index (χ0v) is 8.08. The molecule has 1 saturated carbocycles. The fourth-order valence-electron chi connectivity index (χ4n) is 2.31. The molecule has 1 heterocycles. The second kappa shape index (κ2) is 2.92. The van der Waals surface area contributed by atoms with Crippen LogP contribution in [0, 0.1) is 5.92 Å². The van der Waals surface area contributed by atoms with Gasteiger partial charge < -0.3 is 0 Å². The van der Waals surface area contributed by atoms with E-state index in [1.807, 2.05) is 6.92 Å². The molecule has 0 radical (unpaired) electrons. The molecule has 0 aromatic heterocycles. The molecule has 2 aliphatic rings. The van der Waals surface area contributed by atoms with Crippen LogP contribution in [0.3, 0.4) is 0 Å². The quantitative estimate of drug-likeness (QED) is 0.505. The molecule has 0 amide bonds. The van der Waals surface area contributed by atoms with Crippen molar-refractivity contribution in [3.05, 3.63) is 0 Å². The minimum Gasteiger partial charge on any atom is -0.249 e. The largest absolute Gasteiger partial charge is 0.249 e. The Bertz CT molecular complexity index is 208. The zero-order chi connectivity index (χ0) is 9.53. The highest BCUT2D eigenvalue weighted by Gasteiger charge is 2.51. The van der Waals surface area contributed by atoms with Crippen LogP contribution in [0.1, 0.15) is 39.5 Å². The Hall–Kier alpha value is -0.160. The molecule has 3 atom stereocenters. The van der Waals surface area contributed by atoms with Gasteiger partial charge in [-0.3, -0.25) is 0 Å². The lowest BCUT2D eigenvalue weighted by molar-refractivity contribution is -0.555. The maximum atomic E-state index is 8.74. The van der Waals surface area contributed by atoms with Gasteiger partial charge in [-0.25, -0.2) is 15.0 Å². The van der Waals surface area contributed by atoms with Crippen LogP contribution in [0.2, 0.25) is 0 Å². The average Bonchev–Trinajstić information content (AvgIpc) is 2.13. The first kappa shape index (κ1) is 9.40. The van der Waals surface area contributed by atoms with Crippen molar-refractivity contribution >= 4 is 0 Å². The topological polar surface area (TPSA) is 47.9 Å². The van der Waals surface area contributed by atoms with Crippen molar-refractivity contribution in [1.82, 2.24) is 0 Å². The highest BCUT2D eigenvalue weighted by atomic mass is 17.3. The van der Waals surface area contributed by atoms with Crippen molar-refractivity contribution in [1.29, 1.82) is 0 Å². The normalized spacial score (nSPS) is 50.5. The third kappa shape index (κ3) is 1.48. The van der Waals surface area contributed by atoms with Crippen molar-refractivity contribution in [3.63, 3.8) is 0 Å². The monoisotopic (exact) mass is 188 g/mol. The molecule has 1 saturated heterocycles. The molecule has 2 rings (SSSR count). The number of fused-ring (bicyclic) bond motifs is 2. The summed E-state index contributed by atoms with van der Waals surface area (Å²) in [6.07, 6.45) is 4.04. The van der Waals surface area contributed by atoms with Crippen LogP contribution in [-0.4, -0.2) is 16.6 Å². The molecule has 1 aliphatic heterocycles. The molecule has 0 spiro atoms. The number of hydrogen-bond acceptors (Lipinski definition) is 4. The van der Waals surface area contributed by atoms with Gasteiger partial charge in [0.15, 0.2) is 0 Å². The predicted molar refractivity (Wildman–Crippen MR) is 44.7 cm³/mol. The van der Waals surface area contributed by atoms with Gasteiger partial charge in [-0.1, -0.05) is 0 Å². The second-order valence-electron chi connectivity index (χ2n) is 4.52. The summed E-state index contributed by atoms with van der Waals surface area (Å²) in [6, 6.07) is 0. The SMILES string of the molecule is CC1(OO)OO[C@@]2(C)CCC[C@@H]1C2. The van der Waals surface area contributed by atoms with Crippen molar-refractivity contribution < 1.29 is 19.9 Å². The first-order valence-electron chi connectivity index (χ1n) is 4.77. The molecule has 1 unspecified atom stereocenters. The molecule has 0 aromatic carbocycles. The summed E-state index contributed by atoms with van der Waals surface area (Å²) < 4.78 is 0. The summed E-state index contributed by atoms with van der Waals surface area (Å²) in [6.45, 7) is 3.75. The number of rotatable bonds is 1. The van der Waals surface area contributed by atoms with Crippen molar-refractivity contribution in [2.75, 3.05) is 0 Å². The van der Waals surface area contributed by atoms with Crippen molar-refractivity contribution in [3.8, 4) is 0 Å². The lowest BCUT2D eigenvalue weighted by Gasteiger charge is -2.48. The second-order valence-corrected chi connectivity index (χ2v) is 4.52. The van der Waals surface area contributed by atoms with E-state index in [1.165, 1.54) is 0 Å². The van der Waals surface area contributed by atoms with Crippen LogP contribution in [0.25, 0.3) is 0 Å². The summed E-state index contributed by atoms with van der Waals surface area (Å²) in [5, 5.41) is 8.74. The summed E-state index contributed by atoms with van der Waals surface area (Å²) in [4.78, 5) is 14.7. The molecule has 4 nitrogen and oxygen atoms in total. The van der Waals surface area contributed by atoms with Gasteiger partial charge in [-0.15, -0.1) is 0 Å². The van der Waals surface area contributed by atoms with Crippen molar-refractivity contribution in [2.24, 2.45) is 5.92 Å². The summed E-state index contributed by atoms with van der Waals surface area (Å²) in [5.74, 6) is -0.745. The van der Waals surface area contributed by atoms with Crippen LogP contribution in [0.15, 0.2) is 0 Å². The van der Waals surface area contributed by atoms with Crippen LogP contribution >= 0.6 is 0 Å². The van der Waals surface area contributed by atoms with Gasteiger partial charge >= 0.3 is 0 Å². The van der Waals surface area contributed by atoms with Crippen LogP contribution < -0.4 is 0 Å². The Kier molecular flexibility index (Phi) is 2.11. The average molecular weight is 188 g/mol. The maximum absolute atomic E-state index is 8.74. The van der Waals surface area contributed by atoms with Gasteiger partial charge in [-0.2, -0.15) is 4.89 Å². The Morgan fingerprint density at radius 1 is 1.38 bits per heavy atom. The van der Waals surface area contributed by atoms with Crippen LogP contribution in [-0.2, 0) is 14.7 Å². The number of hydrogen-bond donors (Lipinski definition) is 1. The smallest absolute Gasteiger partial charge is 0.233 e. The lowest BCUT2D eigenvalue weighted by Crippen LogP contribution is -2.53. The fraction of sp³-hybridized carbons (Fsp3) is 1.00. The van der Waals surface area contributed by atoms with Gasteiger partial charge in [0.25, 0.3) is 0 Å². The van der Waals surface area contributed by atoms with E-state index in [0.29, 0.717) is 0 Å². The lowest BCUT2D eigenvalue weighted by atomic mass is 9.75. The molecule has 0 aromatic rings. The Morgan fingerprint density at radius 3 is 2.85 bits per heavy atom. The molecular formula is C9H16O4. The van der Waals surface area contributed by atoms with E-state index < -0.39 is 5.79 Å². The fourth-order valence-corrected chi connectivity index (χ4v) is 2.31. The minimum atomic E-state index is -0.972. The molecule has 4 heteroatoms. The van der Waals surface area contributed by atoms with E-state index in [2.05, 4.69) is 4.89 Å². The van der Waals surface area contributed by atoms with E-state index in [-0.39, 0.29) is 11.5 Å². The zero-order valence-electron chi connectivity index (χ0n) is 8.08. The van der Waals surface area contributed by atoms with Gasteiger partial charge in [0.2, 0.25) is 5.79 Å². The first-order valence-corrected chi connectivity index (χ1v) is 4.77. The van der Waals surface area contributed by atoms with Crippen molar-refractivity contribution in [2.45, 2.75) is 50.9 Å². The highest BCUT2D eigenvalue weighted by molar-refractivity contribution is 4.91. The molecule has 13 heavy (non-hydrogen) atoms. The van der Waals surface area contributed by atoms with Gasteiger partial charge in [-0.05, 0) is 39.5 Å². The standard InChI is InChI=1S/C9H16O4/c1-8-5-3-4-7(6-8)9(2,11-10)13-12-8/h7,10H,3-6H2,1-2H3/t7-,8+,9?/m1/s1. The van der Waals surface area contributed by atoms with E-state index in [1.54, 1.807) is 6.92 Å². The van der Waals surface area contributed by atoms with E-state index in [4.69, 9.17) is 15.0 Å². The first-order chi connectivity index (χ1) is 6.08. The summed E-state index contributed by atoms with van der Waals surface area (Å²) in [5.41, 5.74) is -0.180. The van der Waals surface area contributed by atoms with Gasteiger partial charge in [0.05, 0.1) is 0 Å². The Balaban J connectivity index is 2.15. The molecule has 76 valence electrons. The molecule has 1 aliphatic carbocycles.